The molecule has 1 fully saturated rings. The maximum Gasteiger partial charge on any atom is 0.273 e. The Kier molecular flexibility index (Phi) is 9.18. The van der Waals surface area contributed by atoms with Crippen LogP contribution in [0, 0.1) is 6.92 Å². The van der Waals surface area contributed by atoms with E-state index in [4.69, 9.17) is 0 Å². The number of piperazine rings is 1. The summed E-state index contributed by atoms with van der Waals surface area (Å²) in [6.45, 7) is 6.58. The van der Waals surface area contributed by atoms with Gasteiger partial charge >= 0.3 is 0 Å². The Hall–Kier alpha value is -4.34. The minimum atomic E-state index is -0.427. The van der Waals surface area contributed by atoms with Gasteiger partial charge < -0.3 is 10.2 Å². The second kappa shape index (κ2) is 13.3. The molecular formula is C32H31BrN6O2. The second-order valence-corrected chi connectivity index (χ2v) is 10.8. The van der Waals surface area contributed by atoms with Gasteiger partial charge in [-0.1, -0.05) is 64.0 Å². The number of aryl methyl sites for hydroxylation is 1. The van der Waals surface area contributed by atoms with Gasteiger partial charge in [0.15, 0.2) is 0 Å². The van der Waals surface area contributed by atoms with Gasteiger partial charge in [0.05, 0.1) is 17.5 Å². The normalized spacial score (nSPS) is 13.8. The maximum atomic E-state index is 13.1. The molecule has 2 heterocycles. The minimum Gasteiger partial charge on any atom is -0.354 e. The van der Waals surface area contributed by atoms with Crippen LogP contribution in [0.3, 0.4) is 0 Å². The number of aromatic nitrogens is 1. The van der Waals surface area contributed by atoms with Crippen molar-refractivity contribution in [3.63, 3.8) is 0 Å². The highest BCUT2D eigenvalue weighted by Crippen LogP contribution is 2.22. The molecule has 5 rings (SSSR count). The van der Waals surface area contributed by atoms with Crippen molar-refractivity contribution in [1.82, 2.24) is 15.3 Å². The van der Waals surface area contributed by atoms with Crippen molar-refractivity contribution < 1.29 is 9.59 Å². The van der Waals surface area contributed by atoms with Gasteiger partial charge in [-0.2, -0.15) is 5.10 Å². The first kappa shape index (κ1) is 28.2. The highest BCUT2D eigenvalue weighted by molar-refractivity contribution is 9.10. The minimum absolute atomic E-state index is 0.292. The Morgan fingerprint density at radius 2 is 1.68 bits per heavy atom. The summed E-state index contributed by atoms with van der Waals surface area (Å²) in [6.07, 6.45) is 3.41. The third-order valence-corrected chi connectivity index (χ3v) is 7.39. The van der Waals surface area contributed by atoms with Crippen molar-refractivity contribution >= 4 is 45.5 Å². The van der Waals surface area contributed by atoms with Gasteiger partial charge in [-0.3, -0.25) is 14.5 Å². The first-order valence-corrected chi connectivity index (χ1v) is 14.2. The van der Waals surface area contributed by atoms with E-state index in [0.29, 0.717) is 21.3 Å². The molecule has 1 saturated heterocycles. The summed E-state index contributed by atoms with van der Waals surface area (Å²) >= 11 is 3.41. The van der Waals surface area contributed by atoms with Gasteiger partial charge in [-0.05, 0) is 60.5 Å². The summed E-state index contributed by atoms with van der Waals surface area (Å²) in [5.74, 6) is 0.299. The van der Waals surface area contributed by atoms with Crippen molar-refractivity contribution in [3.05, 3.63) is 123 Å². The molecule has 0 radical (unpaired) electrons. The lowest BCUT2D eigenvalue weighted by Gasteiger charge is -2.35. The largest absolute Gasteiger partial charge is 0.354 e. The molecule has 1 aliphatic heterocycles. The van der Waals surface area contributed by atoms with Crippen molar-refractivity contribution in [2.24, 2.45) is 5.10 Å². The van der Waals surface area contributed by atoms with E-state index < -0.39 is 5.91 Å². The van der Waals surface area contributed by atoms with Gasteiger partial charge in [-0.25, -0.2) is 10.4 Å². The molecule has 1 aliphatic rings. The smallest absolute Gasteiger partial charge is 0.273 e. The lowest BCUT2D eigenvalue weighted by molar-refractivity contribution is 0.0956. The molecule has 0 atom stereocenters. The van der Waals surface area contributed by atoms with Crippen LogP contribution in [0.15, 0.2) is 101 Å². The first-order valence-electron chi connectivity index (χ1n) is 13.4. The van der Waals surface area contributed by atoms with E-state index in [1.165, 1.54) is 0 Å². The van der Waals surface area contributed by atoms with Crippen LogP contribution in [0.2, 0.25) is 0 Å². The fourth-order valence-electron chi connectivity index (χ4n) is 4.58. The Morgan fingerprint density at radius 3 is 2.39 bits per heavy atom. The molecule has 0 aliphatic carbocycles. The number of carbonyl (C=O) groups is 2. The summed E-state index contributed by atoms with van der Waals surface area (Å²) in [6, 6.07) is 26.5. The molecule has 2 amide bonds. The predicted octanol–water partition coefficient (Wildman–Crippen LogP) is 5.49. The zero-order valence-electron chi connectivity index (χ0n) is 22.8. The van der Waals surface area contributed by atoms with E-state index in [0.717, 1.165) is 55.2 Å². The van der Waals surface area contributed by atoms with E-state index in [9.17, 15) is 9.59 Å². The Bertz CT molecular complexity index is 1520. The molecule has 2 N–H and O–H groups in total. The van der Waals surface area contributed by atoms with E-state index in [2.05, 4.69) is 46.6 Å². The summed E-state index contributed by atoms with van der Waals surface area (Å²) < 4.78 is 0.716. The quantitative estimate of drug-likeness (QED) is 0.203. The van der Waals surface area contributed by atoms with E-state index in [1.54, 1.807) is 24.4 Å². The number of hydrogen-bond donors (Lipinski definition) is 2. The van der Waals surface area contributed by atoms with Crippen LogP contribution in [-0.4, -0.2) is 54.1 Å². The third kappa shape index (κ3) is 7.65. The SMILES string of the molecule is Cc1ccc(/C=N/NC(=O)c2cc(Br)ccc2NC(=O)c2ccc(CN3CCN(c4ccccn4)CC3)cc2)cc1. The average Bonchev–Trinajstić information content (AvgIpc) is 3.00. The van der Waals surface area contributed by atoms with Gasteiger partial charge in [-0.15, -0.1) is 0 Å². The molecule has 0 saturated carbocycles. The average molecular weight is 612 g/mol. The Morgan fingerprint density at radius 1 is 0.927 bits per heavy atom. The molecule has 9 heteroatoms. The summed E-state index contributed by atoms with van der Waals surface area (Å²) in [5.41, 5.74) is 6.92. The van der Waals surface area contributed by atoms with Crippen LogP contribution < -0.4 is 15.6 Å². The number of nitrogens with zero attached hydrogens (tertiary/aromatic N) is 4. The highest BCUT2D eigenvalue weighted by atomic mass is 79.9. The number of amides is 2. The van der Waals surface area contributed by atoms with Crippen molar-refractivity contribution in [2.75, 3.05) is 36.4 Å². The second-order valence-electron chi connectivity index (χ2n) is 9.90. The van der Waals surface area contributed by atoms with Gasteiger partial charge in [0.25, 0.3) is 11.8 Å². The number of benzene rings is 3. The number of rotatable bonds is 8. The summed E-state index contributed by atoms with van der Waals surface area (Å²) in [4.78, 5) is 35.1. The molecule has 0 spiro atoms. The molecule has 4 aromatic rings. The van der Waals surface area contributed by atoms with E-state index in [1.807, 2.05) is 79.9 Å². The lowest BCUT2D eigenvalue weighted by atomic mass is 10.1. The predicted molar refractivity (Wildman–Crippen MR) is 167 cm³/mol. The fourth-order valence-corrected chi connectivity index (χ4v) is 4.94. The monoisotopic (exact) mass is 610 g/mol. The molecule has 0 bridgehead atoms. The van der Waals surface area contributed by atoms with E-state index >= 15 is 0 Å². The molecule has 3 aromatic carbocycles. The highest BCUT2D eigenvalue weighted by Gasteiger charge is 2.19. The van der Waals surface area contributed by atoms with Crippen LogP contribution in [0.25, 0.3) is 0 Å². The standard InChI is InChI=1S/C32H31BrN6O2/c1-23-5-7-24(8-6-23)21-35-37-32(41)28-20-27(33)13-14-29(28)36-31(40)26-11-9-25(10-12-26)22-38-16-18-39(19-17-38)30-4-2-3-15-34-30/h2-15,20-21H,16-19,22H2,1H3,(H,36,40)(H,37,41)/b35-21+. The zero-order valence-corrected chi connectivity index (χ0v) is 24.3. The van der Waals surface area contributed by atoms with E-state index in [-0.39, 0.29) is 5.91 Å². The fraction of sp³-hybridized carbons (Fsp3) is 0.188. The molecule has 208 valence electrons. The number of hydrogen-bond acceptors (Lipinski definition) is 6. The van der Waals surface area contributed by atoms with Gasteiger partial charge in [0.1, 0.15) is 5.82 Å². The summed E-state index contributed by atoms with van der Waals surface area (Å²) in [7, 11) is 0. The number of halogens is 1. The molecular weight excluding hydrogens is 580 g/mol. The third-order valence-electron chi connectivity index (χ3n) is 6.90. The lowest BCUT2D eigenvalue weighted by Crippen LogP contribution is -2.46. The number of pyridine rings is 1. The van der Waals surface area contributed by atoms with Gasteiger partial charge in [0, 0.05) is 49.0 Å². The zero-order chi connectivity index (χ0) is 28.6. The molecule has 41 heavy (non-hydrogen) atoms. The van der Waals surface area contributed by atoms with Crippen LogP contribution in [0.1, 0.15) is 37.4 Å². The maximum absolute atomic E-state index is 13.1. The van der Waals surface area contributed by atoms with Crippen LogP contribution >= 0.6 is 15.9 Å². The molecule has 1 aromatic heterocycles. The number of anilines is 2. The Balaban J connectivity index is 1.17. The molecule has 8 nitrogen and oxygen atoms in total. The van der Waals surface area contributed by atoms with Crippen LogP contribution in [0.5, 0.6) is 0 Å². The topological polar surface area (TPSA) is 89.9 Å². The summed E-state index contributed by atoms with van der Waals surface area (Å²) in [5, 5.41) is 6.95. The van der Waals surface area contributed by atoms with Gasteiger partial charge in [0.2, 0.25) is 0 Å². The number of carbonyl (C=O) groups excluding carboxylic acids is 2. The molecule has 0 unspecified atom stereocenters. The van der Waals surface area contributed by atoms with Crippen molar-refractivity contribution in [3.8, 4) is 0 Å². The van der Waals surface area contributed by atoms with Crippen molar-refractivity contribution in [2.45, 2.75) is 13.5 Å². The Labute approximate surface area is 248 Å². The van der Waals surface area contributed by atoms with Crippen molar-refractivity contribution in [1.29, 1.82) is 0 Å². The van der Waals surface area contributed by atoms with Crippen LogP contribution in [-0.2, 0) is 6.54 Å². The number of hydrazone groups is 1. The number of nitrogens with one attached hydrogen (secondary N) is 2. The first-order chi connectivity index (χ1) is 19.9. The van der Waals surface area contributed by atoms with Crippen LogP contribution in [0.4, 0.5) is 11.5 Å².